The van der Waals surface area contributed by atoms with E-state index in [1.54, 1.807) is 22.9 Å². The summed E-state index contributed by atoms with van der Waals surface area (Å²) < 4.78 is 72.2. The van der Waals surface area contributed by atoms with Crippen molar-refractivity contribution in [2.45, 2.75) is 45.2 Å². The highest BCUT2D eigenvalue weighted by Gasteiger charge is 2.46. The number of imidazole rings is 1. The van der Waals surface area contributed by atoms with Gasteiger partial charge >= 0.3 is 15.5 Å². The lowest BCUT2D eigenvalue weighted by molar-refractivity contribution is -0.0429. The van der Waals surface area contributed by atoms with Crippen molar-refractivity contribution in [1.82, 2.24) is 9.55 Å². The quantitative estimate of drug-likeness (QED) is 0.241. The molecule has 2 heterocycles. The van der Waals surface area contributed by atoms with Gasteiger partial charge in [-0.05, 0) is 58.6 Å². The normalized spacial score (nSPS) is 12.3. The lowest BCUT2D eigenvalue weighted by atomic mass is 10.1. The summed E-state index contributed by atoms with van der Waals surface area (Å²) in [6, 6.07) is 10.9. The van der Waals surface area contributed by atoms with Crippen molar-refractivity contribution in [3.8, 4) is 11.3 Å². The van der Waals surface area contributed by atoms with Crippen LogP contribution in [0.25, 0.3) is 22.3 Å². The molecular formula is C25H24BrF3N4O4S. The van der Waals surface area contributed by atoms with Crippen LogP contribution >= 0.6 is 15.9 Å². The maximum atomic E-state index is 13.0. The predicted octanol–water partition coefficient (Wildman–Crippen LogP) is 5.98. The van der Waals surface area contributed by atoms with E-state index in [4.69, 9.17) is 10.2 Å². The second kappa shape index (κ2) is 10.4. The van der Waals surface area contributed by atoms with Gasteiger partial charge in [-0.25, -0.2) is 4.98 Å². The summed E-state index contributed by atoms with van der Waals surface area (Å²) in [5.74, 6) is 0.330. The molecule has 2 aromatic carbocycles. The van der Waals surface area contributed by atoms with Crippen LogP contribution in [0.3, 0.4) is 0 Å². The molecule has 0 spiro atoms. The van der Waals surface area contributed by atoms with Crippen LogP contribution in [-0.2, 0) is 29.4 Å². The summed E-state index contributed by atoms with van der Waals surface area (Å²) in [6.07, 6.45) is 2.04. The van der Waals surface area contributed by atoms with E-state index in [1.807, 2.05) is 24.5 Å². The van der Waals surface area contributed by atoms with Gasteiger partial charge in [0.2, 0.25) is 0 Å². The van der Waals surface area contributed by atoms with Gasteiger partial charge in [-0.1, -0.05) is 32.0 Å². The van der Waals surface area contributed by atoms with E-state index >= 15 is 0 Å². The van der Waals surface area contributed by atoms with Crippen LogP contribution in [0.2, 0.25) is 0 Å². The predicted molar refractivity (Wildman–Crippen MR) is 141 cm³/mol. The number of carbonyl (C=O) groups is 1. The van der Waals surface area contributed by atoms with Gasteiger partial charge in [0.1, 0.15) is 17.1 Å². The molecule has 0 radical (unpaired) electrons. The van der Waals surface area contributed by atoms with Crippen molar-refractivity contribution in [3.63, 3.8) is 0 Å². The maximum absolute atomic E-state index is 13.0. The van der Waals surface area contributed by atoms with Gasteiger partial charge in [0.15, 0.2) is 5.76 Å². The van der Waals surface area contributed by atoms with Gasteiger partial charge in [0.05, 0.1) is 15.9 Å². The molecule has 8 nitrogen and oxygen atoms in total. The Morgan fingerprint density at radius 3 is 2.53 bits per heavy atom. The molecule has 0 unspecified atom stereocenters. The Labute approximate surface area is 225 Å². The number of primary amides is 1. The minimum absolute atomic E-state index is 0.119. The number of furan rings is 1. The van der Waals surface area contributed by atoms with Crippen molar-refractivity contribution < 1.29 is 30.8 Å². The summed E-state index contributed by atoms with van der Waals surface area (Å²) in [6.45, 7) is 4.22. The first-order chi connectivity index (χ1) is 17.9. The summed E-state index contributed by atoms with van der Waals surface area (Å²) in [7, 11) is -5.64. The molecule has 4 aromatic rings. The molecular weight excluding hydrogens is 589 g/mol. The number of carbonyl (C=O) groups excluding carboxylic acids is 1. The number of nitrogens with one attached hydrogen (secondary N) is 1. The van der Waals surface area contributed by atoms with Crippen molar-refractivity contribution in [1.29, 1.82) is 0 Å². The number of aryl methyl sites for hydroxylation is 2. The molecule has 0 aliphatic rings. The molecule has 0 fully saturated rings. The number of nitrogens with two attached hydrogens (primary N) is 1. The Morgan fingerprint density at radius 2 is 1.89 bits per heavy atom. The number of hydrogen-bond donors (Lipinski definition) is 2. The number of aromatic nitrogens is 2. The van der Waals surface area contributed by atoms with Crippen LogP contribution in [0, 0.1) is 0 Å². The lowest BCUT2D eigenvalue weighted by Crippen LogP contribution is -2.30. The van der Waals surface area contributed by atoms with Crippen LogP contribution in [0.4, 0.5) is 18.9 Å². The minimum atomic E-state index is -5.64. The number of anilines is 1. The van der Waals surface area contributed by atoms with Gasteiger partial charge in [-0.3, -0.25) is 9.52 Å². The number of sulfonamides is 1. The van der Waals surface area contributed by atoms with E-state index in [-0.39, 0.29) is 17.0 Å². The number of rotatable bonds is 9. The van der Waals surface area contributed by atoms with Crippen LogP contribution in [-0.4, -0.2) is 29.4 Å². The first kappa shape index (κ1) is 27.7. The Balaban J connectivity index is 1.77. The van der Waals surface area contributed by atoms with Crippen LogP contribution in [0.5, 0.6) is 0 Å². The van der Waals surface area contributed by atoms with E-state index in [0.717, 1.165) is 17.8 Å². The Bertz CT molecular complexity index is 1630. The molecule has 0 atom stereocenters. The lowest BCUT2D eigenvalue weighted by Gasteiger charge is -2.13. The zero-order valence-corrected chi connectivity index (χ0v) is 22.8. The summed E-state index contributed by atoms with van der Waals surface area (Å²) in [4.78, 5) is 16.9. The average Bonchev–Trinajstić information content (AvgIpc) is 3.36. The van der Waals surface area contributed by atoms with E-state index < -0.39 is 21.4 Å². The minimum Gasteiger partial charge on any atom is -0.455 e. The fraction of sp³-hybridized carbons (Fsp3) is 0.280. The van der Waals surface area contributed by atoms with Crippen LogP contribution in [0.1, 0.15) is 47.8 Å². The van der Waals surface area contributed by atoms with Gasteiger partial charge in [0, 0.05) is 23.9 Å². The molecule has 2 aromatic heterocycles. The molecule has 13 heteroatoms. The SMILES string of the molecule is CCCc1nc(CC)c(C(N)=O)n1Cc1ccc2oc(-c3ccccc3NS(=O)(=O)C(F)(F)F)c(Br)c2c1. The molecule has 0 bridgehead atoms. The van der Waals surface area contributed by atoms with Gasteiger partial charge in [0.25, 0.3) is 5.91 Å². The van der Waals surface area contributed by atoms with Gasteiger partial charge in [-0.2, -0.15) is 21.6 Å². The van der Waals surface area contributed by atoms with Crippen LogP contribution in [0.15, 0.2) is 51.4 Å². The Kier molecular flexibility index (Phi) is 7.62. The van der Waals surface area contributed by atoms with E-state index in [2.05, 4.69) is 20.9 Å². The summed E-state index contributed by atoms with van der Waals surface area (Å²) >= 11 is 3.47. The largest absolute Gasteiger partial charge is 0.516 e. The van der Waals surface area contributed by atoms with Gasteiger partial charge in [-0.15, -0.1) is 0 Å². The molecule has 38 heavy (non-hydrogen) atoms. The van der Waals surface area contributed by atoms with Crippen molar-refractivity contribution in [3.05, 3.63) is 69.7 Å². The maximum Gasteiger partial charge on any atom is 0.516 e. The number of benzene rings is 2. The third-order valence-corrected chi connectivity index (χ3v) is 7.80. The highest BCUT2D eigenvalue weighted by atomic mass is 79.9. The number of alkyl halides is 3. The van der Waals surface area contributed by atoms with E-state index in [0.29, 0.717) is 46.2 Å². The molecule has 4 rings (SSSR count). The number of hydrogen-bond acceptors (Lipinski definition) is 5. The molecule has 202 valence electrons. The third-order valence-electron chi connectivity index (χ3n) is 5.91. The molecule has 0 aliphatic carbocycles. The second-order valence-electron chi connectivity index (χ2n) is 8.55. The molecule has 0 aliphatic heterocycles. The highest BCUT2D eigenvalue weighted by Crippen LogP contribution is 2.42. The van der Waals surface area contributed by atoms with Crippen molar-refractivity contribution in [2.75, 3.05) is 4.72 Å². The number of amides is 1. The zero-order valence-electron chi connectivity index (χ0n) is 20.4. The van der Waals surface area contributed by atoms with E-state index in [1.165, 1.54) is 18.2 Å². The highest BCUT2D eigenvalue weighted by molar-refractivity contribution is 9.10. The first-order valence-electron chi connectivity index (χ1n) is 11.6. The Morgan fingerprint density at radius 1 is 1.18 bits per heavy atom. The molecule has 1 amide bonds. The monoisotopic (exact) mass is 612 g/mol. The smallest absolute Gasteiger partial charge is 0.455 e. The summed E-state index contributed by atoms with van der Waals surface area (Å²) in [5.41, 5.74) is 2.24. The molecule has 3 N–H and O–H groups in total. The third kappa shape index (κ3) is 5.17. The first-order valence-corrected chi connectivity index (χ1v) is 13.9. The number of fused-ring (bicyclic) bond motifs is 1. The molecule has 0 saturated carbocycles. The zero-order chi connectivity index (χ0) is 27.8. The molecule has 0 saturated heterocycles. The van der Waals surface area contributed by atoms with Crippen molar-refractivity contribution >= 4 is 48.5 Å². The number of nitrogens with zero attached hydrogens (tertiary/aromatic N) is 2. The second-order valence-corrected chi connectivity index (χ2v) is 11.0. The fourth-order valence-corrected chi connectivity index (χ4v) is 5.39. The average molecular weight is 613 g/mol. The van der Waals surface area contributed by atoms with Crippen molar-refractivity contribution in [2.24, 2.45) is 5.73 Å². The van der Waals surface area contributed by atoms with Gasteiger partial charge < -0.3 is 14.7 Å². The fourth-order valence-electron chi connectivity index (χ4n) is 4.20. The number of para-hydroxylation sites is 1. The number of halogens is 4. The standard InChI is InChI=1S/C25H24BrF3N4O4S/c1-3-7-20-31-17(4-2)22(24(30)34)33(20)13-14-10-11-19-16(12-14)21(26)23(37-19)15-8-5-6-9-18(15)32-38(35,36)25(27,28)29/h5-6,8-12,32H,3-4,7,13H2,1-2H3,(H2,30,34). The Hall–Kier alpha value is -3.32. The summed E-state index contributed by atoms with van der Waals surface area (Å²) in [5, 5.41) is 0.611. The topological polar surface area (TPSA) is 120 Å². The van der Waals surface area contributed by atoms with E-state index in [9.17, 15) is 26.4 Å². The van der Waals surface area contributed by atoms with Crippen LogP contribution < -0.4 is 10.5 Å².